The van der Waals surface area contributed by atoms with E-state index in [4.69, 9.17) is 0 Å². The fourth-order valence-corrected chi connectivity index (χ4v) is 5.90. The van der Waals surface area contributed by atoms with Crippen molar-refractivity contribution >= 4 is 23.7 Å². The zero-order chi connectivity index (χ0) is 19.9. The van der Waals surface area contributed by atoms with Crippen LogP contribution in [-0.4, -0.2) is 95.6 Å². The van der Waals surface area contributed by atoms with Gasteiger partial charge >= 0.3 is 0 Å². The molecule has 1 aromatic heterocycles. The fraction of sp³-hybridized carbons (Fsp3) is 0.762. The molecule has 3 heterocycles. The van der Waals surface area contributed by atoms with Crippen molar-refractivity contribution in [2.45, 2.75) is 37.6 Å². The average molecular weight is 418 g/mol. The SMILES string of the molecule is CN=C(NCC1(N2CCSCC2)CCCCC1)N1CCN(c2ncccn2)CC1. The summed E-state index contributed by atoms with van der Waals surface area (Å²) in [5.41, 5.74) is 0.314. The van der Waals surface area contributed by atoms with Gasteiger partial charge in [0.25, 0.3) is 0 Å². The molecule has 1 aliphatic carbocycles. The maximum atomic E-state index is 4.63. The standard InChI is InChI=1S/C21H35N7S/c1-22-19(26-10-12-27(13-11-26)20-23-8-5-9-24-20)25-18-21(6-3-2-4-7-21)28-14-16-29-17-15-28/h5,8-9H,2-4,6-7,10-18H2,1H3,(H,22,25). The molecule has 29 heavy (non-hydrogen) atoms. The molecule has 3 fully saturated rings. The van der Waals surface area contributed by atoms with E-state index in [2.05, 4.69) is 46.7 Å². The second-order valence-electron chi connectivity index (χ2n) is 8.31. The Balaban J connectivity index is 1.35. The number of piperazine rings is 1. The topological polar surface area (TPSA) is 59.9 Å². The molecule has 1 saturated carbocycles. The summed E-state index contributed by atoms with van der Waals surface area (Å²) in [6.07, 6.45) is 10.4. The lowest BCUT2D eigenvalue weighted by Crippen LogP contribution is -2.61. The second kappa shape index (κ2) is 9.98. The van der Waals surface area contributed by atoms with Crippen LogP contribution < -0.4 is 10.2 Å². The lowest BCUT2D eigenvalue weighted by molar-refractivity contribution is 0.0619. The molecule has 0 spiro atoms. The lowest BCUT2D eigenvalue weighted by atomic mass is 9.80. The Morgan fingerprint density at radius 1 is 1.03 bits per heavy atom. The Morgan fingerprint density at radius 3 is 2.38 bits per heavy atom. The first kappa shape index (κ1) is 20.7. The maximum absolute atomic E-state index is 4.63. The van der Waals surface area contributed by atoms with Crippen LogP contribution in [-0.2, 0) is 0 Å². The van der Waals surface area contributed by atoms with Gasteiger partial charge in [-0.15, -0.1) is 0 Å². The Labute approximate surface area is 179 Å². The predicted octanol–water partition coefficient (Wildman–Crippen LogP) is 1.93. The Morgan fingerprint density at radius 2 is 1.72 bits per heavy atom. The average Bonchev–Trinajstić information content (AvgIpc) is 2.82. The zero-order valence-corrected chi connectivity index (χ0v) is 18.5. The number of hydrogen-bond acceptors (Lipinski definition) is 6. The van der Waals surface area contributed by atoms with Crippen molar-refractivity contribution in [1.82, 2.24) is 25.1 Å². The number of guanidine groups is 1. The van der Waals surface area contributed by atoms with Gasteiger partial charge in [-0.25, -0.2) is 9.97 Å². The van der Waals surface area contributed by atoms with Gasteiger partial charge in [0.2, 0.25) is 5.95 Å². The quantitative estimate of drug-likeness (QED) is 0.593. The van der Waals surface area contributed by atoms with Gasteiger partial charge in [0, 0.05) is 82.3 Å². The van der Waals surface area contributed by atoms with Gasteiger partial charge in [0.15, 0.2) is 5.96 Å². The first-order valence-corrected chi connectivity index (χ1v) is 12.3. The second-order valence-corrected chi connectivity index (χ2v) is 9.53. The van der Waals surface area contributed by atoms with Crippen molar-refractivity contribution < 1.29 is 0 Å². The van der Waals surface area contributed by atoms with Gasteiger partial charge in [-0.2, -0.15) is 11.8 Å². The molecule has 7 nitrogen and oxygen atoms in total. The summed E-state index contributed by atoms with van der Waals surface area (Å²) in [6.45, 7) is 7.25. The third-order valence-electron chi connectivity index (χ3n) is 6.67. The molecule has 0 bridgehead atoms. The van der Waals surface area contributed by atoms with E-state index in [1.807, 2.05) is 25.5 Å². The number of nitrogens with zero attached hydrogens (tertiary/aromatic N) is 6. The molecule has 0 amide bonds. The summed E-state index contributed by atoms with van der Waals surface area (Å²) in [6, 6.07) is 1.87. The Hall–Kier alpha value is -1.54. The number of thioether (sulfide) groups is 1. The van der Waals surface area contributed by atoms with Crippen LogP contribution in [0.15, 0.2) is 23.5 Å². The van der Waals surface area contributed by atoms with Gasteiger partial charge in [-0.3, -0.25) is 9.89 Å². The van der Waals surface area contributed by atoms with E-state index in [0.717, 1.165) is 44.6 Å². The largest absolute Gasteiger partial charge is 0.354 e. The first-order chi connectivity index (χ1) is 14.3. The van der Waals surface area contributed by atoms with E-state index in [-0.39, 0.29) is 0 Å². The number of rotatable bonds is 4. The monoisotopic (exact) mass is 417 g/mol. The van der Waals surface area contributed by atoms with E-state index >= 15 is 0 Å². The molecule has 160 valence electrons. The van der Waals surface area contributed by atoms with Crippen LogP contribution in [0.1, 0.15) is 32.1 Å². The number of anilines is 1. The highest BCUT2D eigenvalue weighted by Gasteiger charge is 2.38. The van der Waals surface area contributed by atoms with Crippen LogP contribution in [0.5, 0.6) is 0 Å². The summed E-state index contributed by atoms with van der Waals surface area (Å²) in [5.74, 6) is 4.44. The molecule has 8 heteroatoms. The normalized spacial score (nSPS) is 23.8. The summed E-state index contributed by atoms with van der Waals surface area (Å²) in [7, 11) is 1.92. The van der Waals surface area contributed by atoms with E-state index in [1.54, 1.807) is 0 Å². The molecule has 2 aliphatic heterocycles. The summed E-state index contributed by atoms with van der Waals surface area (Å²) in [5, 5.41) is 3.78. The van der Waals surface area contributed by atoms with Crippen LogP contribution in [0.4, 0.5) is 5.95 Å². The van der Waals surface area contributed by atoms with Crippen molar-refractivity contribution in [2.75, 3.05) is 69.3 Å². The van der Waals surface area contributed by atoms with Crippen LogP contribution in [0.25, 0.3) is 0 Å². The lowest BCUT2D eigenvalue weighted by Gasteiger charge is -2.49. The van der Waals surface area contributed by atoms with Gasteiger partial charge in [-0.05, 0) is 18.9 Å². The highest BCUT2D eigenvalue weighted by atomic mass is 32.2. The molecule has 0 unspecified atom stereocenters. The van der Waals surface area contributed by atoms with Crippen LogP contribution in [0.3, 0.4) is 0 Å². The minimum absolute atomic E-state index is 0.314. The van der Waals surface area contributed by atoms with Gasteiger partial charge in [-0.1, -0.05) is 19.3 Å². The smallest absolute Gasteiger partial charge is 0.225 e. The molecule has 1 aromatic rings. The molecule has 3 aliphatic rings. The summed E-state index contributed by atoms with van der Waals surface area (Å²) >= 11 is 2.10. The van der Waals surface area contributed by atoms with Crippen LogP contribution in [0, 0.1) is 0 Å². The minimum Gasteiger partial charge on any atom is -0.354 e. The number of aromatic nitrogens is 2. The molecule has 1 N–H and O–H groups in total. The van der Waals surface area contributed by atoms with Gasteiger partial charge < -0.3 is 15.1 Å². The number of nitrogens with one attached hydrogen (secondary N) is 1. The molecule has 0 radical (unpaired) electrons. The molecular weight excluding hydrogens is 382 g/mol. The maximum Gasteiger partial charge on any atom is 0.225 e. The van der Waals surface area contributed by atoms with Crippen molar-refractivity contribution in [1.29, 1.82) is 0 Å². The van der Waals surface area contributed by atoms with Crippen molar-refractivity contribution in [3.63, 3.8) is 0 Å². The molecule has 2 saturated heterocycles. The number of aliphatic imine (C=N–C) groups is 1. The molecule has 4 rings (SSSR count). The third-order valence-corrected chi connectivity index (χ3v) is 7.61. The zero-order valence-electron chi connectivity index (χ0n) is 17.7. The molecule has 0 atom stereocenters. The van der Waals surface area contributed by atoms with Crippen molar-refractivity contribution in [3.8, 4) is 0 Å². The van der Waals surface area contributed by atoms with E-state index in [1.165, 1.54) is 56.7 Å². The first-order valence-electron chi connectivity index (χ1n) is 11.1. The number of hydrogen-bond donors (Lipinski definition) is 1. The highest BCUT2D eigenvalue weighted by molar-refractivity contribution is 7.99. The molecular formula is C21H35N7S. The van der Waals surface area contributed by atoms with Gasteiger partial charge in [0.05, 0.1) is 0 Å². The Bertz CT molecular complexity index is 648. The van der Waals surface area contributed by atoms with Crippen molar-refractivity contribution in [2.24, 2.45) is 4.99 Å². The predicted molar refractivity (Wildman–Crippen MR) is 122 cm³/mol. The van der Waals surface area contributed by atoms with Crippen LogP contribution >= 0.6 is 11.8 Å². The van der Waals surface area contributed by atoms with E-state index in [0.29, 0.717) is 5.54 Å². The summed E-state index contributed by atoms with van der Waals surface area (Å²) in [4.78, 5) is 20.9. The van der Waals surface area contributed by atoms with E-state index in [9.17, 15) is 0 Å². The van der Waals surface area contributed by atoms with Crippen molar-refractivity contribution in [3.05, 3.63) is 18.5 Å². The van der Waals surface area contributed by atoms with Gasteiger partial charge in [0.1, 0.15) is 0 Å². The summed E-state index contributed by atoms with van der Waals surface area (Å²) < 4.78 is 0. The molecule has 0 aromatic carbocycles. The van der Waals surface area contributed by atoms with E-state index < -0.39 is 0 Å². The fourth-order valence-electron chi connectivity index (χ4n) is 5.00. The Kier molecular flexibility index (Phi) is 7.13. The highest BCUT2D eigenvalue weighted by Crippen LogP contribution is 2.34. The third kappa shape index (κ3) is 4.97. The minimum atomic E-state index is 0.314. The van der Waals surface area contributed by atoms with Crippen LogP contribution in [0.2, 0.25) is 0 Å².